The van der Waals surface area contributed by atoms with Crippen LogP contribution in [-0.2, 0) is 0 Å². The van der Waals surface area contributed by atoms with Gasteiger partial charge in [0.15, 0.2) is 0 Å². The summed E-state index contributed by atoms with van der Waals surface area (Å²) in [5.74, 6) is 0.580. The van der Waals surface area contributed by atoms with Gasteiger partial charge in [0.25, 0.3) is 0 Å². The van der Waals surface area contributed by atoms with Gasteiger partial charge in [0, 0.05) is 15.9 Å². The van der Waals surface area contributed by atoms with Gasteiger partial charge in [-0.1, -0.05) is 27.7 Å². The zero-order valence-corrected chi connectivity index (χ0v) is 12.1. The summed E-state index contributed by atoms with van der Waals surface area (Å²) in [4.78, 5) is 0. The van der Waals surface area contributed by atoms with Crippen molar-refractivity contribution in [1.82, 2.24) is 0 Å². The summed E-state index contributed by atoms with van der Waals surface area (Å²) < 4.78 is 1.17. The average molecular weight is 288 g/mol. The number of nitrogens with two attached hydrogens (primary N) is 1. The minimum Gasteiger partial charge on any atom is -0.324 e. The van der Waals surface area contributed by atoms with E-state index in [1.807, 2.05) is 0 Å². The summed E-state index contributed by atoms with van der Waals surface area (Å²) in [6, 6.07) is 0.163. The van der Waals surface area contributed by atoms with Crippen molar-refractivity contribution >= 4 is 27.3 Å². The Bertz CT molecular complexity index is 367. The molecule has 1 saturated carbocycles. The van der Waals surface area contributed by atoms with Gasteiger partial charge >= 0.3 is 0 Å². The molecule has 84 valence electrons. The van der Waals surface area contributed by atoms with Crippen LogP contribution >= 0.6 is 27.3 Å². The molecule has 0 amide bonds. The number of hydrogen-bond donors (Lipinski definition) is 1. The first-order valence-electron chi connectivity index (χ1n) is 5.27. The van der Waals surface area contributed by atoms with Gasteiger partial charge in [-0.15, -0.1) is 0 Å². The first-order valence-corrected chi connectivity index (χ1v) is 7.01. The van der Waals surface area contributed by atoms with Gasteiger partial charge in [0.2, 0.25) is 0 Å². The van der Waals surface area contributed by atoms with Crippen LogP contribution in [0.1, 0.15) is 39.3 Å². The third-order valence-electron chi connectivity index (χ3n) is 4.49. The lowest BCUT2D eigenvalue weighted by Gasteiger charge is -2.13. The van der Waals surface area contributed by atoms with Crippen molar-refractivity contribution in [3.05, 3.63) is 20.8 Å². The second-order valence-corrected chi connectivity index (χ2v) is 7.22. The Labute approximate surface area is 104 Å². The minimum atomic E-state index is 0.163. The summed E-state index contributed by atoms with van der Waals surface area (Å²) in [5, 5.41) is 4.27. The molecule has 1 aromatic rings. The molecule has 1 heterocycles. The van der Waals surface area contributed by atoms with Gasteiger partial charge in [-0.05, 0) is 43.6 Å². The molecule has 1 aliphatic carbocycles. The average Bonchev–Trinajstić information content (AvgIpc) is 2.48. The number of hydrogen-bond acceptors (Lipinski definition) is 2. The van der Waals surface area contributed by atoms with Crippen molar-refractivity contribution in [2.24, 2.45) is 22.5 Å². The summed E-state index contributed by atoms with van der Waals surface area (Å²) in [6.07, 6.45) is 0. The number of thiophene rings is 1. The van der Waals surface area contributed by atoms with E-state index in [1.54, 1.807) is 11.3 Å². The van der Waals surface area contributed by atoms with Crippen LogP contribution in [0.2, 0.25) is 0 Å². The van der Waals surface area contributed by atoms with Gasteiger partial charge in [-0.25, -0.2) is 0 Å². The van der Waals surface area contributed by atoms with Gasteiger partial charge in [0.1, 0.15) is 0 Å². The van der Waals surface area contributed by atoms with E-state index in [-0.39, 0.29) is 6.04 Å². The molecule has 1 atom stereocenters. The van der Waals surface area contributed by atoms with Crippen LogP contribution in [0.25, 0.3) is 0 Å². The Hall–Kier alpha value is 0.140. The summed E-state index contributed by atoms with van der Waals surface area (Å²) in [5.41, 5.74) is 8.35. The predicted molar refractivity (Wildman–Crippen MR) is 70.0 cm³/mol. The fourth-order valence-corrected chi connectivity index (χ4v) is 4.46. The Kier molecular flexibility index (Phi) is 2.57. The van der Waals surface area contributed by atoms with E-state index in [0.717, 1.165) is 0 Å². The van der Waals surface area contributed by atoms with Gasteiger partial charge in [0.05, 0.1) is 0 Å². The molecule has 1 fully saturated rings. The molecule has 1 nitrogen and oxygen atoms in total. The maximum atomic E-state index is 6.37. The van der Waals surface area contributed by atoms with E-state index >= 15 is 0 Å². The zero-order valence-electron chi connectivity index (χ0n) is 9.67. The van der Waals surface area contributed by atoms with E-state index in [9.17, 15) is 0 Å². The molecular formula is C12H18BrNS. The molecule has 2 N–H and O–H groups in total. The molecule has 3 heteroatoms. The molecule has 0 spiro atoms. The Balaban J connectivity index is 2.26. The number of halogens is 1. The van der Waals surface area contributed by atoms with Crippen molar-refractivity contribution < 1.29 is 0 Å². The standard InChI is InChI=1S/C12H18BrNS/c1-11(2)10(12(11,3)4)9(14)7-5-15-6-8(7)13/h5-6,9-10H,14H2,1-4H3. The van der Waals surface area contributed by atoms with Crippen LogP contribution in [0.5, 0.6) is 0 Å². The lowest BCUT2D eigenvalue weighted by molar-refractivity contribution is 0.457. The van der Waals surface area contributed by atoms with Gasteiger partial charge in [-0.2, -0.15) is 11.3 Å². The molecular weight excluding hydrogens is 270 g/mol. The SMILES string of the molecule is CC1(C)C(C(N)c2cscc2Br)C1(C)C. The lowest BCUT2D eigenvalue weighted by Crippen LogP contribution is -2.16. The smallest absolute Gasteiger partial charge is 0.0353 e. The molecule has 1 aliphatic rings. The largest absolute Gasteiger partial charge is 0.324 e. The molecule has 2 rings (SSSR count). The second-order valence-electron chi connectivity index (χ2n) is 5.62. The van der Waals surface area contributed by atoms with E-state index in [1.165, 1.54) is 10.0 Å². The van der Waals surface area contributed by atoms with Crippen LogP contribution < -0.4 is 5.73 Å². The van der Waals surface area contributed by atoms with Gasteiger partial charge < -0.3 is 5.73 Å². The highest BCUT2D eigenvalue weighted by atomic mass is 79.9. The molecule has 0 aromatic carbocycles. The van der Waals surface area contributed by atoms with E-state index in [4.69, 9.17) is 5.73 Å². The first kappa shape index (κ1) is 11.6. The fraction of sp³-hybridized carbons (Fsp3) is 0.667. The Morgan fingerprint density at radius 3 is 2.13 bits per heavy atom. The van der Waals surface area contributed by atoms with Crippen molar-refractivity contribution in [2.45, 2.75) is 33.7 Å². The van der Waals surface area contributed by atoms with Crippen LogP contribution in [0, 0.1) is 16.7 Å². The van der Waals surface area contributed by atoms with Crippen LogP contribution in [0.15, 0.2) is 15.2 Å². The first-order chi connectivity index (χ1) is 6.80. The summed E-state index contributed by atoms with van der Waals surface area (Å²) >= 11 is 5.28. The monoisotopic (exact) mass is 287 g/mol. The Morgan fingerprint density at radius 2 is 1.80 bits per heavy atom. The molecule has 1 unspecified atom stereocenters. The molecule has 0 aliphatic heterocycles. The molecule has 0 radical (unpaired) electrons. The van der Waals surface area contributed by atoms with E-state index in [2.05, 4.69) is 54.4 Å². The van der Waals surface area contributed by atoms with Crippen molar-refractivity contribution in [1.29, 1.82) is 0 Å². The zero-order chi connectivity index (χ0) is 11.4. The topological polar surface area (TPSA) is 26.0 Å². The van der Waals surface area contributed by atoms with Crippen LogP contribution in [0.3, 0.4) is 0 Å². The van der Waals surface area contributed by atoms with Crippen LogP contribution in [0.4, 0.5) is 0 Å². The molecule has 15 heavy (non-hydrogen) atoms. The summed E-state index contributed by atoms with van der Waals surface area (Å²) in [7, 11) is 0. The predicted octanol–water partition coefficient (Wildman–Crippen LogP) is 4.19. The van der Waals surface area contributed by atoms with Crippen molar-refractivity contribution in [2.75, 3.05) is 0 Å². The maximum Gasteiger partial charge on any atom is 0.0353 e. The highest BCUT2D eigenvalue weighted by molar-refractivity contribution is 9.10. The number of rotatable bonds is 2. The van der Waals surface area contributed by atoms with Crippen molar-refractivity contribution in [3.63, 3.8) is 0 Å². The normalized spacial score (nSPS) is 25.2. The van der Waals surface area contributed by atoms with Gasteiger partial charge in [-0.3, -0.25) is 0 Å². The van der Waals surface area contributed by atoms with Crippen molar-refractivity contribution in [3.8, 4) is 0 Å². The lowest BCUT2D eigenvalue weighted by atomic mass is 10.0. The third-order valence-corrected chi connectivity index (χ3v) is 6.24. The molecule has 0 saturated heterocycles. The maximum absolute atomic E-state index is 6.37. The highest BCUT2D eigenvalue weighted by Crippen LogP contribution is 2.72. The van der Waals surface area contributed by atoms with E-state index < -0.39 is 0 Å². The fourth-order valence-electron chi connectivity index (χ4n) is 2.85. The second kappa shape index (κ2) is 3.31. The molecule has 1 aromatic heterocycles. The van der Waals surface area contributed by atoms with E-state index in [0.29, 0.717) is 16.7 Å². The highest BCUT2D eigenvalue weighted by Gasteiger charge is 2.66. The molecule has 0 bridgehead atoms. The summed E-state index contributed by atoms with van der Waals surface area (Å²) in [6.45, 7) is 9.27. The quantitative estimate of drug-likeness (QED) is 0.867. The minimum absolute atomic E-state index is 0.163. The Morgan fingerprint density at radius 1 is 1.27 bits per heavy atom. The third kappa shape index (κ3) is 1.51. The van der Waals surface area contributed by atoms with Crippen LogP contribution in [-0.4, -0.2) is 0 Å².